The van der Waals surface area contributed by atoms with Crippen LogP contribution in [-0.4, -0.2) is 22.6 Å². The molecule has 0 radical (unpaired) electrons. The molecular weight excluding hydrogens is 536 g/mol. The Kier molecular flexibility index (Phi) is 8.98. The van der Waals surface area contributed by atoms with Crippen molar-refractivity contribution in [2.75, 3.05) is 6.54 Å². The number of H-pyrrole nitrogens is 1. The van der Waals surface area contributed by atoms with E-state index in [9.17, 15) is 4.79 Å². The summed E-state index contributed by atoms with van der Waals surface area (Å²) in [7, 11) is 0. The average molecular weight is 567 g/mol. The first kappa shape index (κ1) is 28.0. The van der Waals surface area contributed by atoms with Gasteiger partial charge in [-0.2, -0.15) is 5.10 Å². The van der Waals surface area contributed by atoms with E-state index in [1.807, 2.05) is 91.9 Å². The van der Waals surface area contributed by atoms with Crippen LogP contribution >= 0.6 is 11.6 Å². The normalized spacial score (nSPS) is 10.8. The topological polar surface area (TPSA) is 102 Å². The number of rotatable bonds is 11. The lowest BCUT2D eigenvalue weighted by molar-refractivity contribution is 0.0951. The molecule has 0 unspecified atom stereocenters. The van der Waals surface area contributed by atoms with Crippen molar-refractivity contribution < 1.29 is 14.3 Å². The summed E-state index contributed by atoms with van der Waals surface area (Å²) in [6.45, 7) is 3.43. The van der Waals surface area contributed by atoms with Gasteiger partial charge in [-0.15, -0.1) is 0 Å². The summed E-state index contributed by atoms with van der Waals surface area (Å²) < 4.78 is 12.5. The maximum absolute atomic E-state index is 13.1. The number of hydrogen-bond acceptors (Lipinski definition) is 5. The van der Waals surface area contributed by atoms with Crippen LogP contribution in [0, 0.1) is 0 Å². The number of carbonyl (C=O) groups is 1. The number of carbonyl (C=O) groups excluding carboxylic acids is 1. The predicted molar refractivity (Wildman–Crippen MR) is 162 cm³/mol. The minimum Gasteiger partial charge on any atom is -0.488 e. The SMILES string of the molecule is CCNC(=O)c1[nH]nc(-c2cc(Cl)c(OCc3ccccc3)cc2OCc2ccccc2)c1-c1ccc(CN)cc1. The van der Waals surface area contributed by atoms with Crippen molar-refractivity contribution in [2.24, 2.45) is 5.73 Å². The van der Waals surface area contributed by atoms with Crippen LogP contribution in [0.5, 0.6) is 11.5 Å². The summed E-state index contributed by atoms with van der Waals surface area (Å²) in [5.74, 6) is 0.746. The van der Waals surface area contributed by atoms with Gasteiger partial charge in [-0.25, -0.2) is 0 Å². The van der Waals surface area contributed by atoms with E-state index in [0.717, 1.165) is 22.3 Å². The number of amides is 1. The summed E-state index contributed by atoms with van der Waals surface area (Å²) in [6.07, 6.45) is 0. The van der Waals surface area contributed by atoms with Gasteiger partial charge in [0.25, 0.3) is 5.91 Å². The predicted octanol–water partition coefficient (Wildman–Crippen LogP) is 6.76. The van der Waals surface area contributed by atoms with Gasteiger partial charge in [0.05, 0.1) is 5.02 Å². The molecule has 0 aliphatic heterocycles. The molecule has 0 fully saturated rings. The lowest BCUT2D eigenvalue weighted by Crippen LogP contribution is -2.23. The van der Waals surface area contributed by atoms with Gasteiger partial charge in [-0.05, 0) is 35.2 Å². The van der Waals surface area contributed by atoms with Gasteiger partial charge < -0.3 is 20.5 Å². The Morgan fingerprint density at radius 2 is 1.46 bits per heavy atom. The van der Waals surface area contributed by atoms with Crippen LogP contribution in [0.3, 0.4) is 0 Å². The summed E-state index contributed by atoms with van der Waals surface area (Å²) >= 11 is 6.78. The van der Waals surface area contributed by atoms with Gasteiger partial charge in [0.2, 0.25) is 0 Å². The molecule has 1 amide bonds. The number of nitrogens with one attached hydrogen (secondary N) is 2. The van der Waals surface area contributed by atoms with Gasteiger partial charge in [0, 0.05) is 30.3 Å². The van der Waals surface area contributed by atoms with E-state index in [1.54, 1.807) is 12.1 Å². The summed E-state index contributed by atoms with van der Waals surface area (Å²) in [6, 6.07) is 31.0. The maximum Gasteiger partial charge on any atom is 0.269 e. The summed E-state index contributed by atoms with van der Waals surface area (Å²) in [4.78, 5) is 13.1. The van der Waals surface area contributed by atoms with Gasteiger partial charge >= 0.3 is 0 Å². The fraction of sp³-hybridized carbons (Fsp3) is 0.152. The molecule has 5 aromatic rings. The number of hydrogen-bond donors (Lipinski definition) is 3. The molecule has 8 heteroatoms. The van der Waals surface area contributed by atoms with Crippen molar-refractivity contribution >= 4 is 17.5 Å². The van der Waals surface area contributed by atoms with Crippen molar-refractivity contribution in [3.05, 3.63) is 124 Å². The second kappa shape index (κ2) is 13.2. The summed E-state index contributed by atoms with van der Waals surface area (Å²) in [5, 5.41) is 10.8. The quantitative estimate of drug-likeness (QED) is 0.164. The highest BCUT2D eigenvalue weighted by molar-refractivity contribution is 6.32. The Morgan fingerprint density at radius 3 is 2.05 bits per heavy atom. The number of aromatic nitrogens is 2. The summed E-state index contributed by atoms with van der Waals surface area (Å²) in [5.41, 5.74) is 11.8. The smallest absolute Gasteiger partial charge is 0.269 e. The zero-order chi connectivity index (χ0) is 28.6. The standard InChI is InChI=1S/C33H31ClN4O3/c1-2-36-33(39)32-30(25-15-13-22(19-35)14-16-25)31(37-38-32)26-17-27(34)29(41-21-24-11-7-4-8-12-24)18-28(26)40-20-23-9-5-3-6-10-23/h3-18H,2,19-21,35H2,1H3,(H,36,39)(H,37,38). The Bertz CT molecular complexity index is 1600. The number of nitrogens with two attached hydrogens (primary N) is 1. The number of aromatic amines is 1. The first-order valence-electron chi connectivity index (χ1n) is 13.4. The zero-order valence-electron chi connectivity index (χ0n) is 22.7. The van der Waals surface area contributed by atoms with Crippen LogP contribution in [0.15, 0.2) is 97.1 Å². The van der Waals surface area contributed by atoms with Crippen LogP contribution in [0.2, 0.25) is 5.02 Å². The van der Waals surface area contributed by atoms with Crippen molar-refractivity contribution in [3.8, 4) is 33.9 Å². The number of halogens is 1. The zero-order valence-corrected chi connectivity index (χ0v) is 23.4. The van der Waals surface area contributed by atoms with Crippen molar-refractivity contribution in [2.45, 2.75) is 26.7 Å². The van der Waals surface area contributed by atoms with Crippen molar-refractivity contribution in [1.29, 1.82) is 0 Å². The van der Waals surface area contributed by atoms with Gasteiger partial charge in [-0.1, -0.05) is 96.5 Å². The van der Waals surface area contributed by atoms with Gasteiger partial charge in [0.15, 0.2) is 0 Å². The van der Waals surface area contributed by atoms with Crippen LogP contribution in [0.1, 0.15) is 34.1 Å². The van der Waals surface area contributed by atoms with E-state index >= 15 is 0 Å². The molecule has 1 aromatic heterocycles. The Morgan fingerprint density at radius 1 is 0.854 bits per heavy atom. The van der Waals surface area contributed by atoms with Crippen LogP contribution in [0.25, 0.3) is 22.4 Å². The van der Waals surface area contributed by atoms with E-state index < -0.39 is 0 Å². The molecule has 208 valence electrons. The molecule has 0 spiro atoms. The van der Waals surface area contributed by atoms with E-state index in [4.69, 9.17) is 26.8 Å². The largest absolute Gasteiger partial charge is 0.488 e. The third kappa shape index (κ3) is 6.60. The van der Waals surface area contributed by atoms with Gasteiger partial charge in [-0.3, -0.25) is 9.89 Å². The highest BCUT2D eigenvalue weighted by atomic mass is 35.5. The molecule has 0 aliphatic rings. The first-order valence-corrected chi connectivity index (χ1v) is 13.8. The number of nitrogens with zero attached hydrogens (tertiary/aromatic N) is 1. The minimum atomic E-state index is -0.259. The van der Waals surface area contributed by atoms with E-state index in [2.05, 4.69) is 15.5 Å². The maximum atomic E-state index is 13.1. The van der Waals surface area contributed by atoms with Crippen LogP contribution in [0.4, 0.5) is 0 Å². The third-order valence-electron chi connectivity index (χ3n) is 6.57. The molecule has 1 heterocycles. The lowest BCUT2D eigenvalue weighted by atomic mass is 9.97. The van der Waals surface area contributed by atoms with E-state index in [0.29, 0.717) is 65.3 Å². The molecule has 0 aliphatic carbocycles. The van der Waals surface area contributed by atoms with Gasteiger partial charge in [0.1, 0.15) is 36.1 Å². The molecular formula is C33H31ClN4O3. The van der Waals surface area contributed by atoms with Crippen LogP contribution in [-0.2, 0) is 19.8 Å². The molecule has 0 saturated carbocycles. The van der Waals surface area contributed by atoms with Crippen molar-refractivity contribution in [1.82, 2.24) is 15.5 Å². The molecule has 4 aromatic carbocycles. The Balaban J connectivity index is 1.60. The second-order valence-corrected chi connectivity index (χ2v) is 9.82. The molecule has 7 nitrogen and oxygen atoms in total. The average Bonchev–Trinajstić information content (AvgIpc) is 3.46. The molecule has 41 heavy (non-hydrogen) atoms. The van der Waals surface area contributed by atoms with Crippen molar-refractivity contribution in [3.63, 3.8) is 0 Å². The monoisotopic (exact) mass is 566 g/mol. The highest BCUT2D eigenvalue weighted by Gasteiger charge is 2.25. The Labute approximate surface area is 244 Å². The number of benzene rings is 4. The first-order chi connectivity index (χ1) is 20.1. The van der Waals surface area contributed by atoms with E-state index in [1.165, 1.54) is 0 Å². The lowest BCUT2D eigenvalue weighted by Gasteiger charge is -2.16. The molecule has 0 saturated heterocycles. The fourth-order valence-electron chi connectivity index (χ4n) is 4.46. The third-order valence-corrected chi connectivity index (χ3v) is 6.87. The minimum absolute atomic E-state index is 0.259. The fourth-order valence-corrected chi connectivity index (χ4v) is 4.68. The highest BCUT2D eigenvalue weighted by Crippen LogP contribution is 2.43. The Hall–Kier alpha value is -4.59. The molecule has 0 atom stereocenters. The van der Waals surface area contributed by atoms with E-state index in [-0.39, 0.29) is 5.91 Å². The van der Waals surface area contributed by atoms with Crippen LogP contribution < -0.4 is 20.5 Å². The number of ether oxygens (including phenoxy) is 2. The molecule has 0 bridgehead atoms. The molecule has 5 rings (SSSR count). The second-order valence-electron chi connectivity index (χ2n) is 9.41. The molecule has 4 N–H and O–H groups in total.